The quantitative estimate of drug-likeness (QED) is 0.440. The van der Waals surface area contributed by atoms with Crippen LogP contribution >= 0.6 is 11.3 Å². The molecule has 1 heterocycles. The van der Waals surface area contributed by atoms with Gasteiger partial charge in [-0.15, -0.1) is 11.3 Å². The normalized spacial score (nSPS) is 11.5. The molecule has 0 aromatic carbocycles. The van der Waals surface area contributed by atoms with Crippen molar-refractivity contribution in [3.63, 3.8) is 0 Å². The molecule has 0 saturated carbocycles. The van der Waals surface area contributed by atoms with Gasteiger partial charge in [0, 0.05) is 5.38 Å². The van der Waals surface area contributed by atoms with Crippen molar-refractivity contribution in [2.24, 2.45) is 5.16 Å². The van der Waals surface area contributed by atoms with Gasteiger partial charge in [-0.1, -0.05) is 24.9 Å². The lowest BCUT2D eigenvalue weighted by atomic mass is 10.3. The minimum Gasteiger partial charge on any atom is -0.476 e. The van der Waals surface area contributed by atoms with E-state index in [1.54, 1.807) is 0 Å². The molecule has 94 valence electrons. The van der Waals surface area contributed by atoms with Gasteiger partial charge in [-0.25, -0.2) is 9.78 Å². The number of rotatable bonds is 7. The van der Waals surface area contributed by atoms with Gasteiger partial charge in [0.15, 0.2) is 5.13 Å². The summed E-state index contributed by atoms with van der Waals surface area (Å²) in [5, 5.41) is 14.4. The van der Waals surface area contributed by atoms with Crippen molar-refractivity contribution >= 4 is 28.1 Å². The van der Waals surface area contributed by atoms with E-state index in [4.69, 9.17) is 15.7 Å². The molecular weight excluding hydrogens is 242 g/mol. The predicted molar refractivity (Wildman–Crippen MR) is 66.2 cm³/mol. The van der Waals surface area contributed by atoms with E-state index in [-0.39, 0.29) is 11.4 Å². The van der Waals surface area contributed by atoms with Crippen molar-refractivity contribution in [2.45, 2.75) is 26.2 Å². The highest BCUT2D eigenvalue weighted by Gasteiger charge is 2.16. The number of aromatic nitrogens is 1. The SMILES string of the molecule is CCCCCON=C(C(=O)O)c1csc(N)n1. The minimum absolute atomic E-state index is 0.213. The van der Waals surface area contributed by atoms with Gasteiger partial charge in [-0.2, -0.15) is 0 Å². The molecule has 0 aliphatic carbocycles. The number of thiazole rings is 1. The Bertz CT molecular complexity index is 403. The van der Waals surface area contributed by atoms with E-state index >= 15 is 0 Å². The highest BCUT2D eigenvalue weighted by molar-refractivity contribution is 7.13. The zero-order valence-corrected chi connectivity index (χ0v) is 10.4. The van der Waals surface area contributed by atoms with Crippen LogP contribution in [0.1, 0.15) is 31.9 Å². The first-order valence-corrected chi connectivity index (χ1v) is 6.17. The second-order valence-electron chi connectivity index (χ2n) is 3.36. The monoisotopic (exact) mass is 257 g/mol. The van der Waals surface area contributed by atoms with Gasteiger partial charge in [0.25, 0.3) is 0 Å². The van der Waals surface area contributed by atoms with Crippen LogP contribution in [0.4, 0.5) is 5.13 Å². The Morgan fingerprint density at radius 1 is 1.65 bits per heavy atom. The molecule has 7 heteroatoms. The van der Waals surface area contributed by atoms with E-state index in [9.17, 15) is 4.79 Å². The highest BCUT2D eigenvalue weighted by atomic mass is 32.1. The Morgan fingerprint density at radius 2 is 2.41 bits per heavy atom. The Hall–Kier alpha value is -1.63. The fraction of sp³-hybridized carbons (Fsp3) is 0.500. The maximum absolute atomic E-state index is 10.9. The number of carbonyl (C=O) groups is 1. The number of nitrogen functional groups attached to an aromatic ring is 1. The third kappa shape index (κ3) is 4.39. The molecule has 0 aliphatic heterocycles. The van der Waals surface area contributed by atoms with Crippen LogP contribution in [-0.2, 0) is 9.63 Å². The molecule has 1 aromatic rings. The van der Waals surface area contributed by atoms with Gasteiger partial charge >= 0.3 is 5.97 Å². The van der Waals surface area contributed by atoms with E-state index in [1.807, 2.05) is 0 Å². The van der Waals surface area contributed by atoms with Crippen LogP contribution in [0, 0.1) is 0 Å². The molecule has 1 rings (SSSR count). The Morgan fingerprint density at radius 3 is 2.94 bits per heavy atom. The Kier molecular flexibility index (Phi) is 5.41. The van der Waals surface area contributed by atoms with Gasteiger partial charge in [0.1, 0.15) is 12.3 Å². The molecule has 0 spiro atoms. The number of anilines is 1. The van der Waals surface area contributed by atoms with Crippen molar-refractivity contribution in [1.29, 1.82) is 0 Å². The lowest BCUT2D eigenvalue weighted by molar-refractivity contribution is -0.129. The highest BCUT2D eigenvalue weighted by Crippen LogP contribution is 2.12. The zero-order valence-electron chi connectivity index (χ0n) is 9.55. The molecule has 17 heavy (non-hydrogen) atoms. The molecular formula is C10H15N3O3S. The third-order valence-electron chi connectivity index (χ3n) is 1.96. The van der Waals surface area contributed by atoms with Crippen molar-refractivity contribution < 1.29 is 14.7 Å². The zero-order chi connectivity index (χ0) is 12.7. The maximum atomic E-state index is 10.9. The van der Waals surface area contributed by atoms with Crippen LogP contribution in [-0.4, -0.2) is 28.4 Å². The number of nitrogens with zero attached hydrogens (tertiary/aromatic N) is 2. The molecule has 0 atom stereocenters. The second kappa shape index (κ2) is 6.85. The second-order valence-corrected chi connectivity index (χ2v) is 4.25. The van der Waals surface area contributed by atoms with Crippen molar-refractivity contribution in [3.8, 4) is 0 Å². The molecule has 0 unspecified atom stereocenters. The van der Waals surface area contributed by atoms with E-state index < -0.39 is 5.97 Å². The molecule has 3 N–H and O–H groups in total. The molecule has 0 bridgehead atoms. The average molecular weight is 257 g/mol. The minimum atomic E-state index is -1.18. The summed E-state index contributed by atoms with van der Waals surface area (Å²) in [6.07, 6.45) is 2.95. The summed E-state index contributed by atoms with van der Waals surface area (Å²) in [5.74, 6) is -1.18. The first-order chi connectivity index (χ1) is 8.15. The Balaban J connectivity index is 2.60. The van der Waals surface area contributed by atoms with Gasteiger partial charge in [-0.05, 0) is 6.42 Å². The number of unbranched alkanes of at least 4 members (excludes halogenated alkanes) is 2. The topological polar surface area (TPSA) is 97.8 Å². The fourth-order valence-corrected chi connectivity index (χ4v) is 1.67. The summed E-state index contributed by atoms with van der Waals surface area (Å²) in [7, 11) is 0. The number of carboxylic acid groups (broad SMARTS) is 1. The lowest BCUT2D eigenvalue weighted by Crippen LogP contribution is -2.15. The van der Waals surface area contributed by atoms with Crippen LogP contribution in [0.25, 0.3) is 0 Å². The van der Waals surface area contributed by atoms with Crippen LogP contribution in [0.3, 0.4) is 0 Å². The summed E-state index contributed by atoms with van der Waals surface area (Å²) in [5.41, 5.74) is 5.45. The average Bonchev–Trinajstić information content (AvgIpc) is 2.69. The number of hydrogen-bond donors (Lipinski definition) is 2. The molecule has 0 radical (unpaired) electrons. The summed E-state index contributed by atoms with van der Waals surface area (Å²) < 4.78 is 0. The molecule has 0 fully saturated rings. The van der Waals surface area contributed by atoms with Gasteiger partial charge in [0.2, 0.25) is 5.71 Å². The molecule has 0 saturated heterocycles. The number of nitrogens with two attached hydrogens (primary N) is 1. The van der Waals surface area contributed by atoms with E-state index in [1.165, 1.54) is 5.38 Å². The molecule has 0 aliphatic rings. The number of hydrogen-bond acceptors (Lipinski definition) is 6. The first kappa shape index (κ1) is 13.4. The standard InChI is InChI=1S/C10H15N3O3S/c1-2-3-4-5-16-13-8(9(14)15)7-6-17-10(11)12-7/h6H,2-5H2,1H3,(H2,11,12)(H,14,15). The maximum Gasteiger partial charge on any atom is 0.360 e. The molecule has 0 amide bonds. The summed E-state index contributed by atoms with van der Waals surface area (Å²) in [6.45, 7) is 2.48. The van der Waals surface area contributed by atoms with E-state index in [0.717, 1.165) is 30.6 Å². The summed E-state index contributed by atoms with van der Waals surface area (Å²) in [6, 6.07) is 0. The number of aliphatic carboxylic acids is 1. The fourth-order valence-electron chi connectivity index (χ4n) is 1.12. The smallest absolute Gasteiger partial charge is 0.360 e. The van der Waals surface area contributed by atoms with Gasteiger partial charge in [-0.3, -0.25) is 0 Å². The first-order valence-electron chi connectivity index (χ1n) is 5.29. The van der Waals surface area contributed by atoms with E-state index in [0.29, 0.717) is 11.7 Å². The van der Waals surface area contributed by atoms with Crippen LogP contribution in [0.5, 0.6) is 0 Å². The number of oxime groups is 1. The van der Waals surface area contributed by atoms with Crippen LogP contribution < -0.4 is 5.73 Å². The molecule has 1 aromatic heterocycles. The van der Waals surface area contributed by atoms with Crippen LogP contribution in [0.15, 0.2) is 10.5 Å². The van der Waals surface area contributed by atoms with Crippen molar-refractivity contribution in [2.75, 3.05) is 12.3 Å². The van der Waals surface area contributed by atoms with Gasteiger partial charge in [0.05, 0.1) is 0 Å². The Labute approximate surface area is 103 Å². The summed E-state index contributed by atoms with van der Waals surface area (Å²) in [4.78, 5) is 19.7. The number of carboxylic acids is 1. The summed E-state index contributed by atoms with van der Waals surface area (Å²) >= 11 is 1.16. The van der Waals surface area contributed by atoms with Crippen molar-refractivity contribution in [1.82, 2.24) is 4.98 Å². The van der Waals surface area contributed by atoms with Crippen molar-refractivity contribution in [3.05, 3.63) is 11.1 Å². The largest absolute Gasteiger partial charge is 0.476 e. The lowest BCUT2D eigenvalue weighted by Gasteiger charge is -2.00. The van der Waals surface area contributed by atoms with E-state index in [2.05, 4.69) is 17.1 Å². The third-order valence-corrected chi connectivity index (χ3v) is 2.64. The molecule has 6 nitrogen and oxygen atoms in total. The van der Waals surface area contributed by atoms with Gasteiger partial charge < -0.3 is 15.7 Å². The van der Waals surface area contributed by atoms with Crippen LogP contribution in [0.2, 0.25) is 0 Å². The predicted octanol–water partition coefficient (Wildman–Crippen LogP) is 1.72.